The predicted molar refractivity (Wildman–Crippen MR) is 71.0 cm³/mol. The van der Waals surface area contributed by atoms with Crippen LogP contribution in [-0.2, 0) is 0 Å². The Labute approximate surface area is 101 Å². The highest BCUT2D eigenvalue weighted by Gasteiger charge is 1.90. The largest absolute Gasteiger partial charge is 0.103 e. The van der Waals surface area contributed by atoms with Gasteiger partial charge in [-0.15, -0.1) is 23.7 Å². The minimum Gasteiger partial charge on any atom is -0.103 e. The average molecular weight is 216 g/mol. The molecular weight excluding hydrogens is 192 g/mol. The summed E-state index contributed by atoms with van der Waals surface area (Å²) in [5.74, 6) is 13.2. The van der Waals surface area contributed by atoms with Crippen LogP contribution in [0.25, 0.3) is 0 Å². The van der Waals surface area contributed by atoms with Gasteiger partial charge in [-0.3, -0.25) is 0 Å². The summed E-state index contributed by atoms with van der Waals surface area (Å²) >= 11 is 0. The minimum atomic E-state index is 1.10. The van der Waals surface area contributed by atoms with Crippen molar-refractivity contribution in [1.29, 1.82) is 0 Å². The Morgan fingerprint density at radius 1 is 0.312 bits per heavy atom. The molecule has 16 heavy (non-hydrogen) atoms. The summed E-state index contributed by atoms with van der Waals surface area (Å²) in [6, 6.07) is 0. The van der Waals surface area contributed by atoms with Gasteiger partial charge >= 0.3 is 0 Å². The van der Waals surface area contributed by atoms with Crippen molar-refractivity contribution in [1.82, 2.24) is 0 Å². The lowest BCUT2D eigenvalue weighted by Gasteiger charge is -1.97. The van der Waals surface area contributed by atoms with Crippen LogP contribution >= 0.6 is 0 Å². The van der Waals surface area contributed by atoms with E-state index in [4.69, 9.17) is 0 Å². The first-order valence-electron chi connectivity index (χ1n) is 6.91. The van der Waals surface area contributed by atoms with Crippen LogP contribution in [0.3, 0.4) is 0 Å². The van der Waals surface area contributed by atoms with Gasteiger partial charge in [0.15, 0.2) is 0 Å². The second-order valence-corrected chi connectivity index (χ2v) is 4.54. The summed E-state index contributed by atoms with van der Waals surface area (Å²) in [5, 5.41) is 0. The van der Waals surface area contributed by atoms with Gasteiger partial charge in [-0.2, -0.15) is 0 Å². The molecule has 0 unspecified atom stereocenters. The maximum absolute atomic E-state index is 3.29. The lowest BCUT2D eigenvalue weighted by atomic mass is 10.1. The van der Waals surface area contributed by atoms with E-state index >= 15 is 0 Å². The summed E-state index contributed by atoms with van der Waals surface area (Å²) in [7, 11) is 0. The maximum Gasteiger partial charge on any atom is 0.00886 e. The maximum atomic E-state index is 3.29. The Kier molecular flexibility index (Phi) is 8.76. The zero-order valence-electron chi connectivity index (χ0n) is 10.5. The fourth-order valence-corrected chi connectivity index (χ4v) is 1.91. The lowest BCUT2D eigenvalue weighted by Crippen LogP contribution is -1.80. The molecule has 0 N–H and O–H groups in total. The normalized spacial score (nSPS) is 20.0. The summed E-state index contributed by atoms with van der Waals surface area (Å²) < 4.78 is 0. The Bertz CT molecular complexity index is 212. The smallest absolute Gasteiger partial charge is 0.00886 e. The fourth-order valence-electron chi connectivity index (χ4n) is 1.91. The van der Waals surface area contributed by atoms with Gasteiger partial charge in [0.05, 0.1) is 0 Å². The topological polar surface area (TPSA) is 0 Å². The van der Waals surface area contributed by atoms with Gasteiger partial charge in [0, 0.05) is 25.7 Å². The highest BCUT2D eigenvalue weighted by molar-refractivity contribution is 4.99. The monoisotopic (exact) mass is 216 g/mol. The van der Waals surface area contributed by atoms with E-state index in [2.05, 4.69) is 23.7 Å². The molecule has 0 aliphatic heterocycles. The minimum absolute atomic E-state index is 1.10. The molecule has 1 rings (SSSR count). The Morgan fingerprint density at radius 3 is 0.812 bits per heavy atom. The first kappa shape index (κ1) is 13.2. The highest BCUT2D eigenvalue weighted by Crippen LogP contribution is 2.07. The number of rotatable bonds is 0. The molecule has 0 bridgehead atoms. The quantitative estimate of drug-likeness (QED) is 0.515. The molecule has 0 heteroatoms. The van der Waals surface area contributed by atoms with Crippen molar-refractivity contribution >= 4 is 0 Å². The third kappa shape index (κ3) is 8.43. The fraction of sp³-hybridized carbons (Fsp3) is 0.750. The first-order chi connectivity index (χ1) is 8.00. The van der Waals surface area contributed by atoms with E-state index in [1.54, 1.807) is 0 Å². The van der Waals surface area contributed by atoms with Crippen LogP contribution in [0, 0.1) is 23.7 Å². The van der Waals surface area contributed by atoms with E-state index in [9.17, 15) is 0 Å². The molecule has 0 amide bonds. The Morgan fingerprint density at radius 2 is 0.562 bits per heavy atom. The van der Waals surface area contributed by atoms with Crippen molar-refractivity contribution in [3.63, 3.8) is 0 Å². The molecule has 0 radical (unpaired) electrons. The second kappa shape index (κ2) is 10.6. The average Bonchev–Trinajstić information content (AvgIpc) is 2.29. The second-order valence-electron chi connectivity index (χ2n) is 4.54. The molecular formula is C16H24. The van der Waals surface area contributed by atoms with E-state index in [-0.39, 0.29) is 0 Å². The standard InChI is InChI=1S/C16H24/c1-2-4-6-8-10-12-14-16-15-13-11-9-7-5-3-1/h1-6,11-16H2. The van der Waals surface area contributed by atoms with Gasteiger partial charge < -0.3 is 0 Å². The van der Waals surface area contributed by atoms with Crippen LogP contribution in [-0.4, -0.2) is 0 Å². The van der Waals surface area contributed by atoms with Crippen molar-refractivity contribution in [3.05, 3.63) is 0 Å². The molecule has 0 heterocycles. The molecule has 0 saturated carbocycles. The predicted octanol–water partition coefficient (Wildman–Crippen LogP) is 4.69. The molecule has 0 aromatic carbocycles. The third-order valence-electron chi connectivity index (χ3n) is 2.96. The van der Waals surface area contributed by atoms with Gasteiger partial charge in [-0.25, -0.2) is 0 Å². The molecule has 1 aliphatic rings. The molecule has 88 valence electrons. The molecule has 0 spiro atoms. The van der Waals surface area contributed by atoms with Gasteiger partial charge in [0.25, 0.3) is 0 Å². The Balaban J connectivity index is 2.18. The van der Waals surface area contributed by atoms with Crippen molar-refractivity contribution in [2.24, 2.45) is 0 Å². The molecule has 0 atom stereocenters. The van der Waals surface area contributed by atoms with E-state index < -0.39 is 0 Å². The summed E-state index contributed by atoms with van der Waals surface area (Å²) in [6.07, 6.45) is 14.8. The van der Waals surface area contributed by atoms with Crippen LogP contribution < -0.4 is 0 Å². The SMILES string of the molecule is C1#CCCCCCCC#CCCCCCC1. The molecule has 0 fully saturated rings. The van der Waals surface area contributed by atoms with E-state index in [0.717, 1.165) is 25.7 Å². The summed E-state index contributed by atoms with van der Waals surface area (Å²) in [5.41, 5.74) is 0. The first-order valence-corrected chi connectivity index (χ1v) is 6.91. The van der Waals surface area contributed by atoms with E-state index in [0.29, 0.717) is 0 Å². The van der Waals surface area contributed by atoms with E-state index in [1.165, 1.54) is 51.4 Å². The van der Waals surface area contributed by atoms with E-state index in [1.807, 2.05) is 0 Å². The van der Waals surface area contributed by atoms with Crippen LogP contribution in [0.15, 0.2) is 0 Å². The van der Waals surface area contributed by atoms with Gasteiger partial charge in [0.2, 0.25) is 0 Å². The summed E-state index contributed by atoms with van der Waals surface area (Å²) in [4.78, 5) is 0. The molecule has 0 saturated heterocycles. The van der Waals surface area contributed by atoms with Crippen LogP contribution in [0.4, 0.5) is 0 Å². The van der Waals surface area contributed by atoms with Crippen molar-refractivity contribution in [2.45, 2.75) is 77.0 Å². The third-order valence-corrected chi connectivity index (χ3v) is 2.96. The van der Waals surface area contributed by atoms with Crippen LogP contribution in [0.5, 0.6) is 0 Å². The van der Waals surface area contributed by atoms with Gasteiger partial charge in [0.1, 0.15) is 0 Å². The van der Waals surface area contributed by atoms with Crippen molar-refractivity contribution in [3.8, 4) is 23.7 Å². The molecule has 0 aromatic heterocycles. The summed E-state index contributed by atoms with van der Waals surface area (Å²) in [6.45, 7) is 0. The Hall–Kier alpha value is -0.880. The van der Waals surface area contributed by atoms with Crippen LogP contribution in [0.1, 0.15) is 77.0 Å². The lowest BCUT2D eigenvalue weighted by molar-refractivity contribution is 0.652. The molecule has 0 aromatic rings. The number of hydrogen-bond acceptors (Lipinski definition) is 0. The molecule has 1 aliphatic carbocycles. The zero-order valence-corrected chi connectivity index (χ0v) is 10.5. The van der Waals surface area contributed by atoms with Gasteiger partial charge in [-0.05, 0) is 25.7 Å². The van der Waals surface area contributed by atoms with Crippen LogP contribution in [0.2, 0.25) is 0 Å². The van der Waals surface area contributed by atoms with Crippen molar-refractivity contribution in [2.75, 3.05) is 0 Å². The molecule has 0 nitrogen and oxygen atoms in total. The number of hydrogen-bond donors (Lipinski definition) is 0. The highest BCUT2D eigenvalue weighted by atomic mass is 13.9. The van der Waals surface area contributed by atoms with Crippen molar-refractivity contribution < 1.29 is 0 Å². The zero-order chi connectivity index (χ0) is 11.3. The van der Waals surface area contributed by atoms with Gasteiger partial charge in [-0.1, -0.05) is 25.7 Å².